The second kappa shape index (κ2) is 10.3. The van der Waals surface area contributed by atoms with Crippen molar-refractivity contribution in [3.8, 4) is 0 Å². The molecule has 0 amide bonds. The smallest absolute Gasteiger partial charge is 1.00 e. The molecule has 1 aliphatic rings. The number of halogens is 3. The predicted octanol–water partition coefficient (Wildman–Crippen LogP) is -6.18. The molecule has 0 spiro atoms. The van der Waals surface area contributed by atoms with E-state index in [1.807, 2.05) is 0 Å². The zero-order chi connectivity index (χ0) is 6.69. The van der Waals surface area contributed by atoms with Crippen LogP contribution in [-0.4, -0.2) is 0 Å². The van der Waals surface area contributed by atoms with Crippen LogP contribution in [0.1, 0.15) is 13.8 Å². The van der Waals surface area contributed by atoms with Crippen LogP contribution >= 0.6 is 0 Å². The molecule has 0 saturated heterocycles. The topological polar surface area (TPSA) is 0 Å². The largest absolute Gasteiger partial charge is 1.00 e. The van der Waals surface area contributed by atoms with Crippen molar-refractivity contribution in [2.45, 2.75) is 21.1 Å². The summed E-state index contributed by atoms with van der Waals surface area (Å²) in [5, 5.41) is 0. The van der Waals surface area contributed by atoms with Gasteiger partial charge in [-0.3, -0.25) is 0 Å². The Balaban J connectivity index is -0.000000270. The molecule has 0 unspecified atom stereocenters. The molecule has 0 fully saturated rings. The van der Waals surface area contributed by atoms with Crippen LogP contribution in [0.15, 0.2) is 24.3 Å². The number of hydrogen-bond acceptors (Lipinski definition) is 0. The number of hydrogen-bond donors (Lipinski definition) is 0. The van der Waals surface area contributed by atoms with E-state index in [4.69, 9.17) is 0 Å². The van der Waals surface area contributed by atoms with Crippen molar-refractivity contribution < 1.29 is 60.5 Å². The second-order valence-corrected chi connectivity index (χ2v) is 7.91. The van der Waals surface area contributed by atoms with Gasteiger partial charge in [0.15, 0.2) is 0 Å². The summed E-state index contributed by atoms with van der Waals surface area (Å²) in [6.07, 6.45) is 9.03. The van der Waals surface area contributed by atoms with Gasteiger partial charge in [-0.1, -0.05) is 0 Å². The monoisotopic (exact) mass is 303 g/mol. The standard InChI is InChI=1S/C5H5.C3H7.3ClH.Zr/c1-2-4-5-3-1;1-3-2;;;;/h1-5H;3H,1-2H3;3*1H;/q;;;;;+3/p-3. The number of allylic oxidation sites excluding steroid dienone is 4. The average Bonchev–Trinajstić information content (AvgIpc) is 2.15. The molecular weight excluding hydrogens is 294 g/mol. The van der Waals surface area contributed by atoms with Crippen LogP contribution in [0.3, 0.4) is 0 Å². The van der Waals surface area contributed by atoms with Crippen molar-refractivity contribution in [3.05, 3.63) is 24.3 Å². The Bertz CT molecular complexity index is 131. The summed E-state index contributed by atoms with van der Waals surface area (Å²) in [4.78, 5) is 0. The van der Waals surface area contributed by atoms with Gasteiger partial charge in [-0.05, 0) is 0 Å². The van der Waals surface area contributed by atoms with Crippen LogP contribution in [0, 0.1) is 0 Å². The van der Waals surface area contributed by atoms with Crippen LogP contribution in [0.2, 0.25) is 7.25 Å². The van der Waals surface area contributed by atoms with E-state index in [-0.39, 0.29) is 60.5 Å². The Hall–Kier alpha value is 1.23. The van der Waals surface area contributed by atoms with E-state index in [1.165, 1.54) is 0 Å². The molecular formula is C8H12Cl3Zr. The van der Waals surface area contributed by atoms with Crippen LogP contribution in [0.25, 0.3) is 0 Å². The van der Waals surface area contributed by atoms with E-state index in [0.29, 0.717) is 0 Å². The summed E-state index contributed by atoms with van der Waals surface area (Å²) >= 11 is -0.109. The third kappa shape index (κ3) is 7.86. The first-order valence-electron chi connectivity index (χ1n) is 3.40. The molecule has 0 bridgehead atoms. The molecule has 0 nitrogen and oxygen atoms in total. The maximum Gasteiger partial charge on any atom is -1.00 e. The van der Waals surface area contributed by atoms with Gasteiger partial charge in [0.05, 0.1) is 0 Å². The molecule has 1 rings (SSSR count). The van der Waals surface area contributed by atoms with E-state index in [2.05, 4.69) is 38.2 Å². The van der Waals surface area contributed by atoms with E-state index in [0.717, 1.165) is 7.25 Å². The molecule has 69 valence electrons. The van der Waals surface area contributed by atoms with Gasteiger partial charge in [0, 0.05) is 0 Å². The molecule has 0 aliphatic heterocycles. The molecule has 4 heteroatoms. The summed E-state index contributed by atoms with van der Waals surface area (Å²) < 4.78 is 1.89. The fraction of sp³-hybridized carbons (Fsp3) is 0.500. The maximum absolute atomic E-state index is 2.34. The van der Waals surface area contributed by atoms with Crippen molar-refractivity contribution in [3.63, 3.8) is 0 Å². The Morgan fingerprint density at radius 1 is 1.00 bits per heavy atom. The van der Waals surface area contributed by atoms with Gasteiger partial charge in [0.2, 0.25) is 0 Å². The zero-order valence-corrected chi connectivity index (χ0v) is 11.8. The zero-order valence-electron chi connectivity index (χ0n) is 7.10. The van der Waals surface area contributed by atoms with Gasteiger partial charge in [0.25, 0.3) is 0 Å². The summed E-state index contributed by atoms with van der Waals surface area (Å²) in [5.74, 6) is 0. The fourth-order valence-electron chi connectivity index (χ4n) is 0.928. The van der Waals surface area contributed by atoms with Crippen LogP contribution in [-0.2, 0) is 23.2 Å². The molecule has 1 aliphatic carbocycles. The molecule has 0 aromatic carbocycles. The molecule has 0 aromatic heterocycles. The summed E-state index contributed by atoms with van der Waals surface area (Å²) in [7, 11) is 0. The SMILES string of the molecule is C[CH](C)[Zr+3][CH]1C=CC=C1.[Cl-].[Cl-].[Cl-]. The maximum atomic E-state index is 2.34. The van der Waals surface area contributed by atoms with Crippen molar-refractivity contribution in [1.29, 1.82) is 0 Å². The molecule has 0 atom stereocenters. The molecule has 0 N–H and O–H groups in total. The third-order valence-electron chi connectivity index (χ3n) is 1.27. The van der Waals surface area contributed by atoms with E-state index in [1.54, 1.807) is 0 Å². The van der Waals surface area contributed by atoms with Crippen molar-refractivity contribution in [2.24, 2.45) is 0 Å². The minimum atomic E-state index is -0.109. The van der Waals surface area contributed by atoms with Crippen molar-refractivity contribution >= 4 is 0 Å². The van der Waals surface area contributed by atoms with Crippen molar-refractivity contribution in [1.82, 2.24) is 0 Å². The van der Waals surface area contributed by atoms with Crippen LogP contribution in [0.4, 0.5) is 0 Å². The van der Waals surface area contributed by atoms with Gasteiger partial charge in [0.1, 0.15) is 0 Å². The fourth-order valence-corrected chi connectivity index (χ4v) is 3.91. The Labute approximate surface area is 105 Å². The first-order chi connectivity index (χ1) is 4.29. The minimum Gasteiger partial charge on any atom is -1.00 e. The first-order valence-corrected chi connectivity index (χ1v) is 6.24. The Morgan fingerprint density at radius 2 is 1.42 bits per heavy atom. The van der Waals surface area contributed by atoms with Crippen molar-refractivity contribution in [2.75, 3.05) is 0 Å². The van der Waals surface area contributed by atoms with Gasteiger partial charge in [-0.25, -0.2) is 0 Å². The Morgan fingerprint density at radius 3 is 1.75 bits per heavy atom. The quantitative estimate of drug-likeness (QED) is 0.476. The predicted molar refractivity (Wildman–Crippen MR) is 37.1 cm³/mol. The minimum absolute atomic E-state index is 0. The molecule has 12 heavy (non-hydrogen) atoms. The van der Waals surface area contributed by atoms with Crippen LogP contribution in [0.5, 0.6) is 0 Å². The first kappa shape index (κ1) is 18.9. The molecule has 0 aromatic rings. The van der Waals surface area contributed by atoms with Gasteiger partial charge in [-0.2, -0.15) is 0 Å². The third-order valence-corrected chi connectivity index (χ3v) is 4.80. The van der Waals surface area contributed by atoms with Gasteiger partial charge in [-0.15, -0.1) is 0 Å². The molecule has 0 saturated carbocycles. The Kier molecular flexibility index (Phi) is 16.3. The van der Waals surface area contributed by atoms with Gasteiger partial charge >= 0.3 is 68.6 Å². The second-order valence-electron chi connectivity index (χ2n) is 2.62. The number of rotatable bonds is 2. The van der Waals surface area contributed by atoms with E-state index >= 15 is 0 Å². The summed E-state index contributed by atoms with van der Waals surface area (Å²) in [5.41, 5.74) is 0. The molecule has 0 heterocycles. The average molecular weight is 306 g/mol. The van der Waals surface area contributed by atoms with E-state index in [9.17, 15) is 0 Å². The summed E-state index contributed by atoms with van der Waals surface area (Å²) in [6.45, 7) is 4.68. The van der Waals surface area contributed by atoms with E-state index < -0.39 is 0 Å². The normalized spacial score (nSPS) is 12.9. The van der Waals surface area contributed by atoms with Crippen LogP contribution < -0.4 is 37.2 Å². The molecule has 0 radical (unpaired) electrons. The summed E-state index contributed by atoms with van der Waals surface area (Å²) in [6, 6.07) is 0. The van der Waals surface area contributed by atoms with Gasteiger partial charge < -0.3 is 37.2 Å².